The Morgan fingerprint density at radius 3 is 2.19 bits per heavy atom. The molecule has 2 fully saturated rings. The molecule has 2 aliphatic rings. The molecule has 1 saturated carbocycles. The summed E-state index contributed by atoms with van der Waals surface area (Å²) in [6.45, 7) is 4.65. The summed E-state index contributed by atoms with van der Waals surface area (Å²) in [5, 5.41) is 0. The van der Waals surface area contributed by atoms with E-state index in [-0.39, 0.29) is 0 Å². The third-order valence-electron chi connectivity index (χ3n) is 4.56. The van der Waals surface area contributed by atoms with Gasteiger partial charge in [-0.05, 0) is 37.8 Å². The highest BCUT2D eigenvalue weighted by molar-refractivity contribution is 4.79. The highest BCUT2D eigenvalue weighted by Crippen LogP contribution is 2.35. The Morgan fingerprint density at radius 2 is 1.56 bits per heavy atom. The lowest BCUT2D eigenvalue weighted by Crippen LogP contribution is -2.38. The van der Waals surface area contributed by atoms with Crippen LogP contribution in [0.2, 0.25) is 0 Å². The number of rotatable bonds is 4. The first-order valence-electron chi connectivity index (χ1n) is 7.11. The van der Waals surface area contributed by atoms with Crippen LogP contribution in [0, 0.1) is 11.8 Å². The Labute approximate surface area is 100 Å². The van der Waals surface area contributed by atoms with Crippen molar-refractivity contribution >= 4 is 0 Å². The van der Waals surface area contributed by atoms with E-state index in [1.807, 2.05) is 0 Å². The van der Waals surface area contributed by atoms with Gasteiger partial charge in [0, 0.05) is 13.7 Å². The molecule has 0 spiro atoms. The normalized spacial score (nSPS) is 26.1. The van der Waals surface area contributed by atoms with Gasteiger partial charge in [-0.2, -0.15) is 0 Å². The molecule has 94 valence electrons. The molecular formula is C14H27NO. The van der Waals surface area contributed by atoms with Crippen molar-refractivity contribution in [2.75, 3.05) is 33.4 Å². The molecule has 0 aromatic heterocycles. The van der Waals surface area contributed by atoms with Crippen LogP contribution >= 0.6 is 0 Å². The second kappa shape index (κ2) is 6.61. The predicted octanol–water partition coefficient (Wildman–Crippen LogP) is 2.93. The summed E-state index contributed by atoms with van der Waals surface area (Å²) >= 11 is 0. The van der Waals surface area contributed by atoms with E-state index in [4.69, 9.17) is 4.74 Å². The van der Waals surface area contributed by atoms with E-state index >= 15 is 0 Å². The molecule has 0 unspecified atom stereocenters. The summed E-state index contributed by atoms with van der Waals surface area (Å²) in [6.07, 6.45) is 10.4. The smallest absolute Gasteiger partial charge is 0.0589 e. The summed E-state index contributed by atoms with van der Waals surface area (Å²) in [5.41, 5.74) is 0. The average molecular weight is 225 g/mol. The largest absolute Gasteiger partial charge is 0.383 e. The van der Waals surface area contributed by atoms with Gasteiger partial charge in [-0.15, -0.1) is 0 Å². The molecule has 16 heavy (non-hydrogen) atoms. The van der Waals surface area contributed by atoms with Crippen LogP contribution in [-0.4, -0.2) is 38.3 Å². The zero-order valence-electron chi connectivity index (χ0n) is 10.8. The van der Waals surface area contributed by atoms with Crippen molar-refractivity contribution in [2.45, 2.75) is 44.9 Å². The van der Waals surface area contributed by atoms with E-state index in [2.05, 4.69) is 4.90 Å². The van der Waals surface area contributed by atoms with Gasteiger partial charge in [0.2, 0.25) is 0 Å². The maximum absolute atomic E-state index is 5.15. The molecule has 1 aliphatic heterocycles. The van der Waals surface area contributed by atoms with Crippen LogP contribution in [0.3, 0.4) is 0 Å². The fourth-order valence-corrected chi connectivity index (χ4v) is 3.47. The molecule has 0 aromatic rings. The fraction of sp³-hybridized carbons (Fsp3) is 1.00. The van der Waals surface area contributed by atoms with Crippen molar-refractivity contribution in [3.8, 4) is 0 Å². The minimum Gasteiger partial charge on any atom is -0.383 e. The van der Waals surface area contributed by atoms with Crippen LogP contribution in [0.25, 0.3) is 0 Å². The fourth-order valence-electron chi connectivity index (χ4n) is 3.47. The van der Waals surface area contributed by atoms with Crippen LogP contribution < -0.4 is 0 Å². The highest BCUT2D eigenvalue weighted by atomic mass is 16.5. The van der Waals surface area contributed by atoms with Crippen molar-refractivity contribution < 1.29 is 4.74 Å². The lowest BCUT2D eigenvalue weighted by molar-refractivity contribution is 0.0959. The first kappa shape index (κ1) is 12.4. The maximum atomic E-state index is 5.15. The van der Waals surface area contributed by atoms with Gasteiger partial charge in [-0.3, -0.25) is 0 Å². The predicted molar refractivity (Wildman–Crippen MR) is 67.6 cm³/mol. The summed E-state index contributed by atoms with van der Waals surface area (Å²) in [4.78, 5) is 2.57. The third kappa shape index (κ3) is 3.46. The first-order chi connectivity index (χ1) is 7.90. The van der Waals surface area contributed by atoms with Crippen molar-refractivity contribution in [3.05, 3.63) is 0 Å². The van der Waals surface area contributed by atoms with E-state index < -0.39 is 0 Å². The number of hydrogen-bond donors (Lipinski definition) is 0. The second-order valence-electron chi connectivity index (χ2n) is 5.57. The van der Waals surface area contributed by atoms with Crippen molar-refractivity contribution in [1.29, 1.82) is 0 Å². The molecule has 0 N–H and O–H groups in total. The highest BCUT2D eigenvalue weighted by Gasteiger charge is 2.27. The van der Waals surface area contributed by atoms with Crippen molar-refractivity contribution in [3.63, 3.8) is 0 Å². The average Bonchev–Trinajstić information content (AvgIpc) is 2.38. The van der Waals surface area contributed by atoms with Crippen molar-refractivity contribution in [1.82, 2.24) is 4.90 Å². The van der Waals surface area contributed by atoms with Crippen molar-refractivity contribution in [2.24, 2.45) is 11.8 Å². The van der Waals surface area contributed by atoms with Gasteiger partial charge in [0.1, 0.15) is 0 Å². The van der Waals surface area contributed by atoms with E-state index in [0.29, 0.717) is 0 Å². The van der Waals surface area contributed by atoms with Crippen LogP contribution in [-0.2, 0) is 4.74 Å². The molecule has 1 saturated heterocycles. The van der Waals surface area contributed by atoms with Crippen LogP contribution in [0.5, 0.6) is 0 Å². The molecule has 1 heterocycles. The Hall–Kier alpha value is -0.0800. The quantitative estimate of drug-likeness (QED) is 0.729. The molecule has 0 amide bonds. The summed E-state index contributed by atoms with van der Waals surface area (Å²) < 4.78 is 5.15. The molecule has 2 rings (SSSR count). The van der Waals surface area contributed by atoms with Crippen LogP contribution in [0.1, 0.15) is 44.9 Å². The molecule has 0 radical (unpaired) electrons. The topological polar surface area (TPSA) is 12.5 Å². The van der Waals surface area contributed by atoms with Crippen LogP contribution in [0.4, 0.5) is 0 Å². The van der Waals surface area contributed by atoms with E-state index in [1.165, 1.54) is 58.0 Å². The number of nitrogens with zero attached hydrogens (tertiary/aromatic N) is 1. The van der Waals surface area contributed by atoms with Gasteiger partial charge < -0.3 is 9.64 Å². The number of methoxy groups -OCH3 is 1. The number of hydrogen-bond acceptors (Lipinski definition) is 2. The van der Waals surface area contributed by atoms with Gasteiger partial charge in [0.25, 0.3) is 0 Å². The van der Waals surface area contributed by atoms with Gasteiger partial charge in [-0.1, -0.05) is 32.1 Å². The maximum Gasteiger partial charge on any atom is 0.0589 e. The first-order valence-corrected chi connectivity index (χ1v) is 7.11. The molecule has 0 aromatic carbocycles. The Bertz CT molecular complexity index is 181. The second-order valence-corrected chi connectivity index (χ2v) is 5.57. The SMILES string of the molecule is COCCN1CCC(C2CCCCC2)CC1. The Morgan fingerprint density at radius 1 is 0.938 bits per heavy atom. The third-order valence-corrected chi connectivity index (χ3v) is 4.56. The van der Waals surface area contributed by atoms with E-state index in [9.17, 15) is 0 Å². The zero-order chi connectivity index (χ0) is 11.2. The lowest BCUT2D eigenvalue weighted by Gasteiger charge is -2.37. The van der Waals surface area contributed by atoms with E-state index in [0.717, 1.165) is 25.0 Å². The summed E-state index contributed by atoms with van der Waals surface area (Å²) in [7, 11) is 1.80. The minimum atomic E-state index is 0.897. The molecule has 0 atom stereocenters. The monoisotopic (exact) mass is 225 g/mol. The molecule has 2 nitrogen and oxygen atoms in total. The molecule has 1 aliphatic carbocycles. The molecule has 2 heteroatoms. The standard InChI is InChI=1S/C14H27NO/c1-16-12-11-15-9-7-14(8-10-15)13-5-3-2-4-6-13/h13-14H,2-12H2,1H3. The zero-order valence-corrected chi connectivity index (χ0v) is 10.8. The minimum absolute atomic E-state index is 0.897. The van der Waals surface area contributed by atoms with E-state index in [1.54, 1.807) is 7.11 Å². The number of likely N-dealkylation sites (tertiary alicyclic amines) is 1. The summed E-state index contributed by atoms with van der Waals surface area (Å²) in [6, 6.07) is 0. The van der Waals surface area contributed by atoms with Gasteiger partial charge in [-0.25, -0.2) is 0 Å². The van der Waals surface area contributed by atoms with Gasteiger partial charge in [0.15, 0.2) is 0 Å². The number of ether oxygens (including phenoxy) is 1. The number of piperidine rings is 1. The van der Waals surface area contributed by atoms with Crippen LogP contribution in [0.15, 0.2) is 0 Å². The summed E-state index contributed by atoms with van der Waals surface area (Å²) in [5.74, 6) is 2.11. The lowest BCUT2D eigenvalue weighted by atomic mass is 9.76. The molecule has 0 bridgehead atoms. The Kier molecular flexibility index (Phi) is 5.11. The Balaban J connectivity index is 1.67. The van der Waals surface area contributed by atoms with Gasteiger partial charge >= 0.3 is 0 Å². The van der Waals surface area contributed by atoms with Gasteiger partial charge in [0.05, 0.1) is 6.61 Å². The molecular weight excluding hydrogens is 198 g/mol.